The van der Waals surface area contributed by atoms with Crippen molar-refractivity contribution in [3.05, 3.63) is 36.2 Å². The van der Waals surface area contributed by atoms with Crippen molar-refractivity contribution < 1.29 is 27.0 Å². The summed E-state index contributed by atoms with van der Waals surface area (Å²) in [5.74, 6) is 1.24. The first-order valence-electron chi connectivity index (χ1n) is 14.2. The van der Waals surface area contributed by atoms with Crippen LogP contribution >= 0.6 is 0 Å². The third-order valence-corrected chi connectivity index (χ3v) is 7.88. The van der Waals surface area contributed by atoms with E-state index < -0.39 is 12.9 Å². The van der Waals surface area contributed by atoms with Crippen LogP contribution in [-0.2, 0) is 9.47 Å². The van der Waals surface area contributed by atoms with Crippen molar-refractivity contribution in [1.82, 2.24) is 24.4 Å². The third kappa shape index (κ3) is 7.25. The Labute approximate surface area is 236 Å². The summed E-state index contributed by atoms with van der Waals surface area (Å²) in [6.07, 6.45) is -1.77. The number of halogens is 4. The second-order valence-electron chi connectivity index (χ2n) is 10.5. The molecule has 3 heterocycles. The normalized spacial score (nSPS) is 20.0. The summed E-state index contributed by atoms with van der Waals surface area (Å²) in [5, 5.41) is 3.35. The highest BCUT2D eigenvalue weighted by Crippen LogP contribution is 2.31. The Balaban J connectivity index is 1.34. The van der Waals surface area contributed by atoms with Crippen LogP contribution in [0.1, 0.15) is 37.9 Å². The molecule has 1 N–H and O–H groups in total. The number of hydrogen-bond acceptors (Lipinski definition) is 8. The number of aromatic nitrogens is 4. The molecular formula is C28H37F4N7O2. The number of nitrogens with zero attached hydrogens (tertiary/aromatic N) is 6. The van der Waals surface area contributed by atoms with Crippen LogP contribution < -0.4 is 10.2 Å². The molecule has 1 saturated heterocycles. The predicted octanol–water partition coefficient (Wildman–Crippen LogP) is 4.77. The van der Waals surface area contributed by atoms with Crippen LogP contribution in [0.4, 0.5) is 29.3 Å². The smallest absolute Gasteiger partial charge is 0.296 e. The number of para-hydroxylation sites is 2. The number of ether oxygens (including phenoxy) is 2. The van der Waals surface area contributed by atoms with Gasteiger partial charge in [0.05, 0.1) is 37.4 Å². The number of alkyl halides is 4. The number of rotatable bonds is 12. The van der Waals surface area contributed by atoms with Gasteiger partial charge in [0, 0.05) is 45.4 Å². The number of fused-ring (bicyclic) bond motifs is 1. The average molecular weight is 580 g/mol. The SMILES string of the molecule is COCCN(CC(F)F)[C@H]1CC[C@H](CNc2nc(N3CCOCC3)cc(-n3c(C(F)F)nc4ccccc43)n2)CC1. The fourth-order valence-electron chi connectivity index (χ4n) is 5.76. The van der Waals surface area contributed by atoms with Crippen molar-refractivity contribution >= 4 is 22.8 Å². The topological polar surface area (TPSA) is 80.6 Å². The first kappa shape index (κ1) is 29.5. The van der Waals surface area contributed by atoms with E-state index in [1.165, 1.54) is 4.57 Å². The zero-order valence-corrected chi connectivity index (χ0v) is 23.2. The number of methoxy groups -OCH3 is 1. The van der Waals surface area contributed by atoms with Crippen LogP contribution in [0.5, 0.6) is 0 Å². The Bertz CT molecular complexity index is 1260. The van der Waals surface area contributed by atoms with Crippen LogP contribution in [-0.4, -0.2) is 96.5 Å². The predicted molar refractivity (Wildman–Crippen MR) is 148 cm³/mol. The lowest BCUT2D eigenvalue weighted by molar-refractivity contribution is 0.0336. The molecule has 1 saturated carbocycles. The minimum atomic E-state index is -2.79. The zero-order valence-electron chi connectivity index (χ0n) is 23.2. The Morgan fingerprint density at radius 3 is 2.46 bits per heavy atom. The maximum atomic E-state index is 14.1. The fraction of sp³-hybridized carbons (Fsp3) is 0.607. The molecule has 5 rings (SSSR count). The summed E-state index contributed by atoms with van der Waals surface area (Å²) in [6, 6.07) is 8.83. The molecule has 3 aromatic rings. The molecule has 224 valence electrons. The zero-order chi connectivity index (χ0) is 28.8. The van der Waals surface area contributed by atoms with E-state index in [1.807, 2.05) is 4.90 Å². The van der Waals surface area contributed by atoms with Gasteiger partial charge in [0.1, 0.15) is 11.6 Å². The number of benzene rings is 1. The Morgan fingerprint density at radius 1 is 1.02 bits per heavy atom. The number of hydrogen-bond donors (Lipinski definition) is 1. The molecule has 2 fully saturated rings. The first-order valence-corrected chi connectivity index (χ1v) is 14.2. The summed E-state index contributed by atoms with van der Waals surface area (Å²) in [7, 11) is 1.58. The second kappa shape index (κ2) is 13.8. The highest BCUT2D eigenvalue weighted by molar-refractivity contribution is 5.78. The van der Waals surface area contributed by atoms with Crippen molar-refractivity contribution in [2.75, 3.05) is 69.9 Å². The van der Waals surface area contributed by atoms with Gasteiger partial charge >= 0.3 is 0 Å². The van der Waals surface area contributed by atoms with E-state index >= 15 is 0 Å². The van der Waals surface area contributed by atoms with E-state index in [2.05, 4.69) is 20.2 Å². The maximum absolute atomic E-state index is 14.1. The van der Waals surface area contributed by atoms with Crippen LogP contribution in [0.2, 0.25) is 0 Å². The molecule has 0 amide bonds. The van der Waals surface area contributed by atoms with E-state index in [-0.39, 0.29) is 18.4 Å². The second-order valence-corrected chi connectivity index (χ2v) is 10.5. The van der Waals surface area contributed by atoms with Crippen LogP contribution in [0.15, 0.2) is 30.3 Å². The molecule has 0 radical (unpaired) electrons. The number of nitrogens with one attached hydrogen (secondary N) is 1. The fourth-order valence-corrected chi connectivity index (χ4v) is 5.76. The average Bonchev–Trinajstić information content (AvgIpc) is 3.39. The van der Waals surface area contributed by atoms with Crippen molar-refractivity contribution in [2.24, 2.45) is 5.92 Å². The standard InChI is InChI=1S/C28H37F4N7O2/c1-40-13-10-38(18-23(29)30)20-8-6-19(7-9-20)17-33-28-35-24(37-11-14-41-15-12-37)16-25(36-28)39-22-5-3-2-4-21(22)34-27(39)26(31)32/h2-5,16,19-20,23,26H,6-15,17-18H2,1H3,(H,33,35,36)/t19-,20-. The van der Waals surface area contributed by atoms with Gasteiger partial charge in [0.25, 0.3) is 12.9 Å². The molecule has 0 unspecified atom stereocenters. The molecule has 13 heteroatoms. The van der Waals surface area contributed by atoms with E-state index in [9.17, 15) is 17.6 Å². The van der Waals surface area contributed by atoms with E-state index in [1.54, 1.807) is 37.4 Å². The molecule has 2 aromatic heterocycles. The lowest BCUT2D eigenvalue weighted by Crippen LogP contribution is -2.43. The van der Waals surface area contributed by atoms with Gasteiger partial charge in [-0.15, -0.1) is 0 Å². The van der Waals surface area contributed by atoms with Crippen molar-refractivity contribution in [3.8, 4) is 5.82 Å². The minimum Gasteiger partial charge on any atom is -0.383 e. The Kier molecular flexibility index (Phi) is 9.88. The monoisotopic (exact) mass is 579 g/mol. The van der Waals surface area contributed by atoms with Gasteiger partial charge in [-0.25, -0.2) is 22.5 Å². The molecule has 41 heavy (non-hydrogen) atoms. The minimum absolute atomic E-state index is 0.102. The molecule has 0 spiro atoms. The van der Waals surface area contributed by atoms with Crippen LogP contribution in [0.3, 0.4) is 0 Å². The quantitative estimate of drug-likeness (QED) is 0.308. The van der Waals surface area contributed by atoms with Gasteiger partial charge in [-0.1, -0.05) is 12.1 Å². The highest BCUT2D eigenvalue weighted by atomic mass is 19.3. The molecule has 9 nitrogen and oxygen atoms in total. The van der Waals surface area contributed by atoms with Gasteiger partial charge in [-0.2, -0.15) is 9.97 Å². The number of morpholine rings is 1. The Morgan fingerprint density at radius 2 is 1.76 bits per heavy atom. The summed E-state index contributed by atoms with van der Waals surface area (Å²) in [6.45, 7) is 3.62. The largest absolute Gasteiger partial charge is 0.383 e. The van der Waals surface area contributed by atoms with Gasteiger partial charge < -0.3 is 19.7 Å². The molecule has 2 aliphatic rings. The maximum Gasteiger partial charge on any atom is 0.296 e. The van der Waals surface area contributed by atoms with Gasteiger partial charge in [-0.05, 0) is 43.7 Å². The summed E-state index contributed by atoms with van der Waals surface area (Å²) in [5.41, 5.74) is 1.01. The lowest BCUT2D eigenvalue weighted by atomic mass is 9.85. The molecule has 1 aliphatic heterocycles. The van der Waals surface area contributed by atoms with E-state index in [0.29, 0.717) is 80.5 Å². The molecule has 1 aliphatic carbocycles. The first-order chi connectivity index (χ1) is 19.9. The molecular weight excluding hydrogens is 542 g/mol. The summed E-state index contributed by atoms with van der Waals surface area (Å²) >= 11 is 0. The molecule has 1 aromatic carbocycles. The van der Waals surface area contributed by atoms with Crippen LogP contribution in [0, 0.1) is 5.92 Å². The van der Waals surface area contributed by atoms with Crippen molar-refractivity contribution in [1.29, 1.82) is 0 Å². The van der Waals surface area contributed by atoms with Crippen LogP contribution in [0.25, 0.3) is 16.9 Å². The van der Waals surface area contributed by atoms with Crippen molar-refractivity contribution in [2.45, 2.75) is 44.6 Å². The summed E-state index contributed by atoms with van der Waals surface area (Å²) < 4.78 is 66.5. The van der Waals surface area contributed by atoms with Gasteiger partial charge in [0.15, 0.2) is 5.82 Å². The van der Waals surface area contributed by atoms with Gasteiger partial charge in [0.2, 0.25) is 5.95 Å². The Hall–Kier alpha value is -3.03. The van der Waals surface area contributed by atoms with Crippen molar-refractivity contribution in [3.63, 3.8) is 0 Å². The highest BCUT2D eigenvalue weighted by Gasteiger charge is 2.28. The number of anilines is 2. The number of imidazole rings is 1. The van der Waals surface area contributed by atoms with E-state index in [4.69, 9.17) is 14.5 Å². The molecule has 0 atom stereocenters. The molecule has 0 bridgehead atoms. The van der Waals surface area contributed by atoms with E-state index in [0.717, 1.165) is 25.7 Å². The van der Waals surface area contributed by atoms with Gasteiger partial charge in [-0.3, -0.25) is 9.47 Å². The summed E-state index contributed by atoms with van der Waals surface area (Å²) in [4.78, 5) is 17.5. The lowest BCUT2D eigenvalue weighted by Gasteiger charge is -2.36. The third-order valence-electron chi connectivity index (χ3n) is 7.88.